The highest BCUT2D eigenvalue weighted by molar-refractivity contribution is 6.01. The number of likely N-dealkylation sites (N-methyl/N-ethyl adjacent to an activating group) is 1. The second-order valence-corrected chi connectivity index (χ2v) is 7.44. The molecule has 0 radical (unpaired) electrons. The Bertz CT molecular complexity index is 732. The van der Waals surface area contributed by atoms with E-state index >= 15 is 0 Å². The number of amides is 3. The van der Waals surface area contributed by atoms with E-state index in [4.69, 9.17) is 0 Å². The lowest BCUT2D eigenvalue weighted by molar-refractivity contribution is -0.128. The molecule has 1 aromatic rings. The molecule has 1 atom stereocenters. The van der Waals surface area contributed by atoms with Crippen LogP contribution in [0.3, 0.4) is 0 Å². The molecule has 5 heteroatoms. The molecular formula is C20H25N3O2. The molecular weight excluding hydrogens is 314 g/mol. The van der Waals surface area contributed by atoms with Crippen LogP contribution in [0, 0.1) is 6.92 Å². The molecule has 1 fully saturated rings. The van der Waals surface area contributed by atoms with E-state index in [-0.39, 0.29) is 18.0 Å². The van der Waals surface area contributed by atoms with Gasteiger partial charge in [0, 0.05) is 13.1 Å². The van der Waals surface area contributed by atoms with E-state index in [9.17, 15) is 9.59 Å². The Morgan fingerprint density at radius 1 is 1.04 bits per heavy atom. The molecule has 1 saturated carbocycles. The molecule has 0 saturated heterocycles. The van der Waals surface area contributed by atoms with Gasteiger partial charge in [-0.3, -0.25) is 9.69 Å². The number of hydrogen-bond acceptors (Lipinski definition) is 2. The molecule has 132 valence electrons. The number of hydrogen-bond donors (Lipinski definition) is 1. The van der Waals surface area contributed by atoms with Gasteiger partial charge in [-0.15, -0.1) is 0 Å². The van der Waals surface area contributed by atoms with Gasteiger partial charge in [0.2, 0.25) is 0 Å². The van der Waals surface area contributed by atoms with Crippen molar-refractivity contribution in [3.8, 4) is 0 Å². The fraction of sp³-hybridized carbons (Fsp3) is 0.500. The molecule has 2 aliphatic heterocycles. The van der Waals surface area contributed by atoms with Gasteiger partial charge in [-0.25, -0.2) is 4.79 Å². The topological polar surface area (TPSA) is 52.7 Å². The summed E-state index contributed by atoms with van der Waals surface area (Å²) in [5, 5.41) is 3.01. The summed E-state index contributed by atoms with van der Waals surface area (Å²) in [5.74, 6) is 0.0966. The van der Waals surface area contributed by atoms with Crippen LogP contribution in [-0.2, 0) is 4.79 Å². The Balaban J connectivity index is 1.69. The number of nitrogens with zero attached hydrogens (tertiary/aromatic N) is 2. The van der Waals surface area contributed by atoms with Crippen LogP contribution in [0.25, 0.3) is 0 Å². The summed E-state index contributed by atoms with van der Waals surface area (Å²) in [6, 6.07) is 7.90. The second-order valence-electron chi connectivity index (χ2n) is 7.44. The predicted octanol–water partition coefficient (Wildman–Crippen LogP) is 3.12. The van der Waals surface area contributed by atoms with Gasteiger partial charge in [-0.05, 0) is 25.3 Å². The number of nitrogens with one attached hydrogen (secondary N) is 1. The average Bonchev–Trinajstić information content (AvgIpc) is 2.97. The Labute approximate surface area is 148 Å². The normalized spacial score (nSPS) is 24.6. The number of rotatable bonds is 2. The molecule has 1 aromatic carbocycles. The van der Waals surface area contributed by atoms with Crippen LogP contribution in [0.4, 0.5) is 4.79 Å². The van der Waals surface area contributed by atoms with Gasteiger partial charge in [0.25, 0.3) is 5.91 Å². The van der Waals surface area contributed by atoms with Gasteiger partial charge in [-0.2, -0.15) is 0 Å². The Morgan fingerprint density at radius 2 is 1.72 bits per heavy atom. The average molecular weight is 339 g/mol. The third kappa shape index (κ3) is 2.71. The maximum absolute atomic E-state index is 13.2. The van der Waals surface area contributed by atoms with Crippen molar-refractivity contribution in [1.29, 1.82) is 0 Å². The molecule has 5 nitrogen and oxygen atoms in total. The highest BCUT2D eigenvalue weighted by atomic mass is 16.2. The first kappa shape index (κ1) is 16.2. The molecule has 4 rings (SSSR count). The Morgan fingerprint density at radius 3 is 2.40 bits per heavy atom. The summed E-state index contributed by atoms with van der Waals surface area (Å²) < 4.78 is 0. The zero-order valence-corrected chi connectivity index (χ0v) is 14.9. The standard InChI is InChI=1S/C20H25N3O2/c1-13-8-10-14(11-9-13)18-17-16(22(2)20(25)21-18)12-23(19(17)24)15-6-4-3-5-7-15/h8-11,15,18H,3-7,12H2,1-2H3,(H,21,25)/t18-/m0/s1. The van der Waals surface area contributed by atoms with Gasteiger partial charge >= 0.3 is 6.03 Å². The van der Waals surface area contributed by atoms with E-state index in [1.807, 2.05) is 36.1 Å². The van der Waals surface area contributed by atoms with Crippen molar-refractivity contribution in [2.45, 2.75) is 51.1 Å². The molecule has 25 heavy (non-hydrogen) atoms. The lowest BCUT2D eigenvalue weighted by Gasteiger charge is -2.31. The summed E-state index contributed by atoms with van der Waals surface area (Å²) in [5.41, 5.74) is 3.75. The van der Waals surface area contributed by atoms with Gasteiger partial charge in [0.05, 0.1) is 23.9 Å². The molecule has 3 amide bonds. The van der Waals surface area contributed by atoms with Crippen LogP contribution in [0.2, 0.25) is 0 Å². The van der Waals surface area contributed by atoms with Gasteiger partial charge in [0.1, 0.15) is 0 Å². The largest absolute Gasteiger partial charge is 0.330 e. The minimum atomic E-state index is -0.347. The summed E-state index contributed by atoms with van der Waals surface area (Å²) >= 11 is 0. The van der Waals surface area contributed by atoms with E-state index in [1.54, 1.807) is 11.9 Å². The monoisotopic (exact) mass is 339 g/mol. The summed E-state index contributed by atoms with van der Waals surface area (Å²) in [7, 11) is 1.76. The highest BCUT2D eigenvalue weighted by Gasteiger charge is 2.44. The molecule has 0 unspecified atom stereocenters. The summed E-state index contributed by atoms with van der Waals surface area (Å²) in [6.45, 7) is 2.60. The highest BCUT2D eigenvalue weighted by Crippen LogP contribution is 2.38. The molecule has 0 spiro atoms. The summed E-state index contributed by atoms with van der Waals surface area (Å²) in [6.07, 6.45) is 5.79. The quantitative estimate of drug-likeness (QED) is 0.900. The lowest BCUT2D eigenvalue weighted by Crippen LogP contribution is -2.45. The summed E-state index contributed by atoms with van der Waals surface area (Å²) in [4.78, 5) is 29.3. The second kappa shape index (κ2) is 6.21. The third-order valence-corrected chi connectivity index (χ3v) is 5.81. The molecule has 1 aliphatic carbocycles. The van der Waals surface area contributed by atoms with Crippen molar-refractivity contribution in [3.05, 3.63) is 46.7 Å². The van der Waals surface area contributed by atoms with Gasteiger partial charge in [0.15, 0.2) is 0 Å². The van der Waals surface area contributed by atoms with Crippen molar-refractivity contribution < 1.29 is 9.59 Å². The third-order valence-electron chi connectivity index (χ3n) is 5.81. The van der Waals surface area contributed by atoms with Crippen LogP contribution in [0.1, 0.15) is 49.3 Å². The maximum atomic E-state index is 13.2. The Hall–Kier alpha value is -2.30. The first-order valence-electron chi connectivity index (χ1n) is 9.21. The maximum Gasteiger partial charge on any atom is 0.322 e. The van der Waals surface area contributed by atoms with Crippen LogP contribution in [0.15, 0.2) is 35.5 Å². The number of aryl methyl sites for hydroxylation is 1. The minimum Gasteiger partial charge on any atom is -0.330 e. The first-order chi connectivity index (χ1) is 12.1. The van der Waals surface area contributed by atoms with E-state index in [0.717, 1.165) is 29.7 Å². The van der Waals surface area contributed by atoms with Crippen molar-refractivity contribution in [2.75, 3.05) is 13.6 Å². The van der Waals surface area contributed by atoms with Crippen LogP contribution >= 0.6 is 0 Å². The van der Waals surface area contributed by atoms with E-state index < -0.39 is 0 Å². The minimum absolute atomic E-state index is 0.0966. The van der Waals surface area contributed by atoms with Gasteiger partial charge < -0.3 is 10.2 Å². The lowest BCUT2D eigenvalue weighted by atomic mass is 9.93. The van der Waals surface area contributed by atoms with Crippen LogP contribution < -0.4 is 5.32 Å². The van der Waals surface area contributed by atoms with Crippen molar-refractivity contribution in [3.63, 3.8) is 0 Å². The Kier molecular flexibility index (Phi) is 4.02. The molecule has 0 bridgehead atoms. The molecule has 1 N–H and O–H groups in total. The predicted molar refractivity (Wildman–Crippen MR) is 95.8 cm³/mol. The first-order valence-corrected chi connectivity index (χ1v) is 9.21. The van der Waals surface area contributed by atoms with Crippen molar-refractivity contribution >= 4 is 11.9 Å². The van der Waals surface area contributed by atoms with Crippen molar-refractivity contribution in [2.24, 2.45) is 0 Å². The molecule has 3 aliphatic rings. The van der Waals surface area contributed by atoms with E-state index in [1.165, 1.54) is 24.8 Å². The number of carbonyl (C=O) groups excluding carboxylic acids is 2. The smallest absolute Gasteiger partial charge is 0.322 e. The molecule has 0 aromatic heterocycles. The van der Waals surface area contributed by atoms with Crippen molar-refractivity contribution in [1.82, 2.24) is 15.1 Å². The zero-order chi connectivity index (χ0) is 17.6. The fourth-order valence-electron chi connectivity index (χ4n) is 4.28. The molecule has 2 heterocycles. The van der Waals surface area contributed by atoms with Crippen LogP contribution in [0.5, 0.6) is 0 Å². The van der Waals surface area contributed by atoms with E-state index in [0.29, 0.717) is 12.6 Å². The zero-order valence-electron chi connectivity index (χ0n) is 14.9. The fourth-order valence-corrected chi connectivity index (χ4v) is 4.28. The number of benzene rings is 1. The van der Waals surface area contributed by atoms with Crippen LogP contribution in [-0.4, -0.2) is 41.4 Å². The number of carbonyl (C=O) groups is 2. The number of urea groups is 1. The van der Waals surface area contributed by atoms with E-state index in [2.05, 4.69) is 5.32 Å². The SMILES string of the molecule is Cc1ccc([C@@H]2NC(=O)N(C)C3=C2C(=O)N(C2CCCCC2)C3)cc1. The van der Waals surface area contributed by atoms with Gasteiger partial charge in [-0.1, -0.05) is 49.1 Å².